The summed E-state index contributed by atoms with van der Waals surface area (Å²) in [6.07, 6.45) is 0. The summed E-state index contributed by atoms with van der Waals surface area (Å²) in [7, 11) is 0. The van der Waals surface area contributed by atoms with Crippen molar-refractivity contribution in [3.63, 3.8) is 0 Å². The Morgan fingerprint density at radius 2 is 1.90 bits per heavy atom. The minimum absolute atomic E-state index is 0.0577. The number of aromatic carboxylic acids is 1. The number of anilines is 1. The summed E-state index contributed by atoms with van der Waals surface area (Å²) in [6.45, 7) is 1.66. The average Bonchev–Trinajstić information content (AvgIpc) is 2.47. The van der Waals surface area contributed by atoms with Crippen molar-refractivity contribution >= 4 is 17.6 Å². The minimum atomic E-state index is -1.10. The van der Waals surface area contributed by atoms with Crippen LogP contribution in [-0.2, 0) is 0 Å². The smallest absolute Gasteiger partial charge is 0.338 e. The van der Waals surface area contributed by atoms with Crippen LogP contribution in [-0.4, -0.2) is 17.0 Å². The molecule has 5 heteroatoms. The summed E-state index contributed by atoms with van der Waals surface area (Å²) < 4.78 is 0. The van der Waals surface area contributed by atoms with Crippen LogP contribution in [0.2, 0.25) is 0 Å². The fraction of sp³-hybridized carbons (Fsp3) is 0.0625. The Kier molecular flexibility index (Phi) is 4.00. The molecule has 0 aliphatic rings. The number of hydrogen-bond donors (Lipinski definition) is 2. The second-order valence-electron chi connectivity index (χ2n) is 4.45. The van der Waals surface area contributed by atoms with Crippen molar-refractivity contribution in [3.05, 3.63) is 64.7 Å². The lowest BCUT2D eigenvalue weighted by Crippen LogP contribution is -2.15. The molecule has 0 radical (unpaired) electrons. The molecule has 0 saturated carbocycles. The van der Waals surface area contributed by atoms with Gasteiger partial charge in [0, 0.05) is 5.56 Å². The lowest BCUT2D eigenvalue weighted by Gasteiger charge is -2.10. The zero-order valence-corrected chi connectivity index (χ0v) is 11.3. The lowest BCUT2D eigenvalue weighted by atomic mass is 10.1. The number of nitrogens with zero attached hydrogens (tertiary/aromatic N) is 1. The van der Waals surface area contributed by atoms with Gasteiger partial charge in [0.05, 0.1) is 22.9 Å². The van der Waals surface area contributed by atoms with Gasteiger partial charge in [-0.1, -0.05) is 18.2 Å². The molecule has 104 valence electrons. The average molecular weight is 280 g/mol. The molecule has 21 heavy (non-hydrogen) atoms. The van der Waals surface area contributed by atoms with E-state index >= 15 is 0 Å². The Labute approximate surface area is 121 Å². The second-order valence-corrected chi connectivity index (χ2v) is 4.45. The number of carbonyl (C=O) groups excluding carboxylic acids is 1. The molecule has 0 aliphatic heterocycles. The molecule has 0 unspecified atom stereocenters. The van der Waals surface area contributed by atoms with Crippen LogP contribution in [0.15, 0.2) is 42.5 Å². The molecule has 5 nitrogen and oxygen atoms in total. The first-order valence-electron chi connectivity index (χ1n) is 6.17. The van der Waals surface area contributed by atoms with Crippen LogP contribution in [0, 0.1) is 18.3 Å². The Morgan fingerprint density at radius 3 is 2.57 bits per heavy atom. The molecule has 0 bridgehead atoms. The highest BCUT2D eigenvalue weighted by atomic mass is 16.4. The van der Waals surface area contributed by atoms with E-state index in [4.69, 9.17) is 5.26 Å². The van der Waals surface area contributed by atoms with Crippen LogP contribution < -0.4 is 5.32 Å². The zero-order chi connectivity index (χ0) is 15.4. The topological polar surface area (TPSA) is 90.2 Å². The second kappa shape index (κ2) is 5.88. The maximum absolute atomic E-state index is 12.2. The van der Waals surface area contributed by atoms with Crippen LogP contribution in [0.25, 0.3) is 0 Å². The number of nitrogens with one attached hydrogen (secondary N) is 1. The number of benzene rings is 2. The maximum Gasteiger partial charge on any atom is 0.338 e. The van der Waals surface area contributed by atoms with E-state index in [0.29, 0.717) is 16.7 Å². The molecule has 0 saturated heterocycles. The van der Waals surface area contributed by atoms with E-state index in [2.05, 4.69) is 5.32 Å². The molecule has 0 spiro atoms. The molecule has 0 fully saturated rings. The summed E-state index contributed by atoms with van der Waals surface area (Å²) in [5.74, 6) is -1.56. The van der Waals surface area contributed by atoms with E-state index in [1.54, 1.807) is 37.3 Å². The van der Waals surface area contributed by atoms with Gasteiger partial charge in [0.15, 0.2) is 0 Å². The van der Waals surface area contributed by atoms with Crippen molar-refractivity contribution in [2.24, 2.45) is 0 Å². The largest absolute Gasteiger partial charge is 0.478 e. The van der Waals surface area contributed by atoms with Gasteiger partial charge in [0.25, 0.3) is 5.91 Å². The van der Waals surface area contributed by atoms with Crippen LogP contribution in [0.4, 0.5) is 5.69 Å². The van der Waals surface area contributed by atoms with Gasteiger partial charge in [0.1, 0.15) is 0 Å². The normalized spacial score (nSPS) is 9.71. The predicted molar refractivity (Wildman–Crippen MR) is 77.2 cm³/mol. The van der Waals surface area contributed by atoms with Crippen LogP contribution in [0.3, 0.4) is 0 Å². The van der Waals surface area contributed by atoms with Gasteiger partial charge in [-0.2, -0.15) is 5.26 Å². The molecule has 0 atom stereocenters. The number of nitriles is 1. The molecular weight excluding hydrogens is 268 g/mol. The molecule has 2 N–H and O–H groups in total. The fourth-order valence-corrected chi connectivity index (χ4v) is 1.98. The van der Waals surface area contributed by atoms with Gasteiger partial charge in [-0.25, -0.2) is 4.79 Å². The highest BCUT2D eigenvalue weighted by Crippen LogP contribution is 2.20. The number of amides is 1. The highest BCUT2D eigenvalue weighted by Gasteiger charge is 2.15. The third-order valence-electron chi connectivity index (χ3n) is 2.99. The predicted octanol–water partition coefficient (Wildman–Crippen LogP) is 2.82. The van der Waals surface area contributed by atoms with E-state index in [1.807, 2.05) is 6.07 Å². The Hall–Kier alpha value is -3.13. The number of carbonyl (C=O) groups is 2. The van der Waals surface area contributed by atoms with E-state index in [9.17, 15) is 14.7 Å². The van der Waals surface area contributed by atoms with Crippen molar-refractivity contribution < 1.29 is 14.7 Å². The first-order valence-corrected chi connectivity index (χ1v) is 6.17. The van der Waals surface area contributed by atoms with E-state index in [-0.39, 0.29) is 11.3 Å². The lowest BCUT2D eigenvalue weighted by molar-refractivity contribution is 0.0697. The minimum Gasteiger partial charge on any atom is -0.478 e. The molecular formula is C16H12N2O3. The SMILES string of the molecule is Cc1cccc(NC(=O)c2cccc(C#N)c2)c1C(=O)O. The Bertz CT molecular complexity index is 760. The molecule has 0 heterocycles. The van der Waals surface area contributed by atoms with Gasteiger partial charge in [-0.15, -0.1) is 0 Å². The first kappa shape index (κ1) is 14.3. The molecule has 1 amide bonds. The monoisotopic (exact) mass is 280 g/mol. The van der Waals surface area contributed by atoms with Gasteiger partial charge >= 0.3 is 5.97 Å². The number of carboxylic acids is 1. The highest BCUT2D eigenvalue weighted by molar-refractivity contribution is 6.08. The zero-order valence-electron chi connectivity index (χ0n) is 11.3. The molecule has 2 rings (SSSR count). The van der Waals surface area contributed by atoms with Crippen LogP contribution in [0.5, 0.6) is 0 Å². The Morgan fingerprint density at radius 1 is 1.19 bits per heavy atom. The number of hydrogen-bond acceptors (Lipinski definition) is 3. The molecule has 2 aromatic rings. The summed E-state index contributed by atoms with van der Waals surface area (Å²) in [5.41, 5.74) is 1.51. The maximum atomic E-state index is 12.2. The molecule has 2 aromatic carbocycles. The molecule has 0 aliphatic carbocycles. The summed E-state index contributed by atoms with van der Waals surface area (Å²) in [6, 6.07) is 13.0. The third-order valence-corrected chi connectivity index (χ3v) is 2.99. The number of rotatable bonds is 3. The van der Waals surface area contributed by atoms with Gasteiger partial charge in [-0.3, -0.25) is 4.79 Å². The Balaban J connectivity index is 2.34. The molecule has 0 aromatic heterocycles. The first-order chi connectivity index (χ1) is 10.0. The van der Waals surface area contributed by atoms with Crippen molar-refractivity contribution in [1.82, 2.24) is 0 Å². The van der Waals surface area contributed by atoms with Gasteiger partial charge in [0.2, 0.25) is 0 Å². The van der Waals surface area contributed by atoms with Crippen LogP contribution in [0.1, 0.15) is 31.8 Å². The van der Waals surface area contributed by atoms with Crippen molar-refractivity contribution in [1.29, 1.82) is 5.26 Å². The van der Waals surface area contributed by atoms with Crippen molar-refractivity contribution in [3.8, 4) is 6.07 Å². The van der Waals surface area contributed by atoms with Crippen molar-refractivity contribution in [2.75, 3.05) is 5.32 Å². The van der Waals surface area contributed by atoms with E-state index in [1.165, 1.54) is 12.1 Å². The quantitative estimate of drug-likeness (QED) is 0.904. The van der Waals surface area contributed by atoms with Gasteiger partial charge in [-0.05, 0) is 36.8 Å². The van der Waals surface area contributed by atoms with E-state index < -0.39 is 11.9 Å². The number of aryl methyl sites for hydroxylation is 1. The van der Waals surface area contributed by atoms with Gasteiger partial charge < -0.3 is 10.4 Å². The summed E-state index contributed by atoms with van der Waals surface area (Å²) in [5, 5.41) is 20.6. The van der Waals surface area contributed by atoms with Crippen molar-refractivity contribution in [2.45, 2.75) is 6.92 Å². The van der Waals surface area contributed by atoms with E-state index in [0.717, 1.165) is 0 Å². The summed E-state index contributed by atoms with van der Waals surface area (Å²) >= 11 is 0. The fourth-order valence-electron chi connectivity index (χ4n) is 1.98. The summed E-state index contributed by atoms with van der Waals surface area (Å²) in [4.78, 5) is 23.4. The third kappa shape index (κ3) is 3.07. The standard InChI is InChI=1S/C16H12N2O3/c1-10-4-2-7-13(14(10)16(20)21)18-15(19)12-6-3-5-11(8-12)9-17/h2-8H,1H3,(H,18,19)(H,20,21). The number of carboxylic acid groups (broad SMARTS) is 1. The van der Waals surface area contributed by atoms with Crippen LogP contribution >= 0.6 is 0 Å².